The fraction of sp³-hybridized carbons (Fsp3) is 0. The molecule has 0 aliphatic rings. The van der Waals surface area contributed by atoms with E-state index in [0.717, 1.165) is 5.41 Å². The number of pyridine rings is 1. The van der Waals surface area contributed by atoms with Gasteiger partial charge >= 0.3 is 0 Å². The Morgan fingerprint density at radius 2 is 1.96 bits per heavy atom. The Morgan fingerprint density at radius 3 is 2.62 bits per heavy atom. The maximum absolute atomic E-state index is 12.1. The van der Waals surface area contributed by atoms with Crippen LogP contribution in [0.5, 0.6) is 0 Å². The number of rotatable bonds is 5. The van der Waals surface area contributed by atoms with Crippen LogP contribution in [-0.4, -0.2) is 19.3 Å². The molecule has 26 heavy (non-hydrogen) atoms. The van der Waals surface area contributed by atoms with Crippen LogP contribution in [0.2, 0.25) is 0 Å². The highest BCUT2D eigenvalue weighted by molar-refractivity contribution is 7.94. The zero-order chi connectivity index (χ0) is 18.9. The summed E-state index contributed by atoms with van der Waals surface area (Å²) in [5, 5.41) is 4.40. The normalized spacial score (nSPS) is 11.2. The number of carbonyl (C=O) groups is 1. The molecule has 0 unspecified atom stereocenters. The average Bonchev–Trinajstić information content (AvgIpc) is 2.61. The largest absolute Gasteiger partial charge is 0.399 e. The number of sulfone groups is 1. The van der Waals surface area contributed by atoms with Crippen molar-refractivity contribution in [1.29, 1.82) is 0 Å². The zero-order valence-electron chi connectivity index (χ0n) is 13.6. The molecule has 0 bridgehead atoms. The minimum Gasteiger partial charge on any atom is -0.399 e. The van der Waals surface area contributed by atoms with Crippen molar-refractivity contribution in [2.45, 2.75) is 4.90 Å². The average molecular weight is 368 g/mol. The van der Waals surface area contributed by atoms with Gasteiger partial charge in [-0.15, -0.1) is 0 Å². The third kappa shape index (κ3) is 3.22. The predicted octanol–water partition coefficient (Wildman–Crippen LogP) is 2.58. The van der Waals surface area contributed by atoms with Gasteiger partial charge in [0.15, 0.2) is 9.84 Å². The van der Waals surface area contributed by atoms with E-state index in [1.54, 1.807) is 30.3 Å². The van der Waals surface area contributed by atoms with Gasteiger partial charge in [0.2, 0.25) is 0 Å². The van der Waals surface area contributed by atoms with Gasteiger partial charge in [0, 0.05) is 28.4 Å². The van der Waals surface area contributed by atoms with E-state index in [2.05, 4.69) is 16.9 Å². The molecule has 0 aliphatic heterocycles. The minimum atomic E-state index is -3.65. The van der Waals surface area contributed by atoms with Gasteiger partial charge in [-0.1, -0.05) is 12.6 Å². The van der Waals surface area contributed by atoms with Crippen molar-refractivity contribution in [3.05, 3.63) is 66.2 Å². The Morgan fingerprint density at radius 1 is 1.19 bits per heavy atom. The second kappa shape index (κ2) is 6.49. The summed E-state index contributed by atoms with van der Waals surface area (Å²) in [6, 6.07) is 11.3. The Bertz CT molecular complexity index is 1140. The SMILES string of the molecule is C=CS(=O)(=O)c1ccc2ncc(C(N)=O)c(Nc3cccc(N)c3)c2c1. The number of amides is 1. The van der Waals surface area contributed by atoms with Crippen molar-refractivity contribution in [3.8, 4) is 0 Å². The van der Waals surface area contributed by atoms with Crippen LogP contribution in [0.4, 0.5) is 17.1 Å². The van der Waals surface area contributed by atoms with E-state index in [4.69, 9.17) is 11.5 Å². The smallest absolute Gasteiger partial charge is 0.252 e. The molecular formula is C18H16N4O3S. The molecule has 132 valence electrons. The van der Waals surface area contributed by atoms with Crippen molar-refractivity contribution in [1.82, 2.24) is 4.98 Å². The molecule has 7 nitrogen and oxygen atoms in total. The molecule has 0 saturated heterocycles. The molecular weight excluding hydrogens is 352 g/mol. The summed E-state index contributed by atoms with van der Waals surface area (Å²) in [5.74, 6) is -0.692. The maximum Gasteiger partial charge on any atom is 0.252 e. The highest BCUT2D eigenvalue weighted by atomic mass is 32.2. The quantitative estimate of drug-likeness (QED) is 0.594. The van der Waals surface area contributed by atoms with Crippen LogP contribution < -0.4 is 16.8 Å². The topological polar surface area (TPSA) is 128 Å². The maximum atomic E-state index is 12.1. The first kappa shape index (κ1) is 17.4. The van der Waals surface area contributed by atoms with Crippen molar-refractivity contribution in [2.24, 2.45) is 5.73 Å². The number of benzene rings is 2. The molecule has 0 atom stereocenters. The highest BCUT2D eigenvalue weighted by Gasteiger charge is 2.17. The molecule has 2 aromatic carbocycles. The van der Waals surface area contributed by atoms with Gasteiger partial charge in [0.25, 0.3) is 5.91 Å². The lowest BCUT2D eigenvalue weighted by molar-refractivity contribution is 0.100. The number of nitrogens with two attached hydrogens (primary N) is 2. The number of hydrogen-bond donors (Lipinski definition) is 3. The molecule has 0 fully saturated rings. The molecule has 3 aromatic rings. The van der Waals surface area contributed by atoms with Crippen LogP contribution in [0, 0.1) is 0 Å². The fourth-order valence-corrected chi connectivity index (χ4v) is 3.26. The van der Waals surface area contributed by atoms with Crippen LogP contribution in [0.15, 0.2) is 65.5 Å². The molecule has 1 amide bonds. The van der Waals surface area contributed by atoms with E-state index in [0.29, 0.717) is 28.0 Å². The molecule has 1 heterocycles. The van der Waals surface area contributed by atoms with Crippen LogP contribution in [0.1, 0.15) is 10.4 Å². The number of anilines is 3. The number of hydrogen-bond acceptors (Lipinski definition) is 6. The van der Waals surface area contributed by atoms with Gasteiger partial charge in [-0.05, 0) is 36.4 Å². The molecule has 8 heteroatoms. The summed E-state index contributed by atoms with van der Waals surface area (Å²) >= 11 is 0. The number of nitrogens with one attached hydrogen (secondary N) is 1. The van der Waals surface area contributed by atoms with Gasteiger partial charge in [0.1, 0.15) is 0 Å². The lowest BCUT2D eigenvalue weighted by Crippen LogP contribution is -2.14. The van der Waals surface area contributed by atoms with Crippen LogP contribution in [0.25, 0.3) is 10.9 Å². The van der Waals surface area contributed by atoms with Crippen molar-refractivity contribution in [3.63, 3.8) is 0 Å². The predicted molar refractivity (Wildman–Crippen MR) is 102 cm³/mol. The second-order valence-electron chi connectivity index (χ2n) is 5.55. The third-order valence-corrected chi connectivity index (χ3v) is 5.16. The summed E-state index contributed by atoms with van der Waals surface area (Å²) in [6.07, 6.45) is 1.35. The molecule has 0 aliphatic carbocycles. The molecule has 0 saturated carbocycles. The van der Waals surface area contributed by atoms with Gasteiger partial charge in [-0.2, -0.15) is 0 Å². The summed E-state index contributed by atoms with van der Waals surface area (Å²) in [6.45, 7) is 3.33. The number of carbonyl (C=O) groups excluding carboxylic acids is 1. The standard InChI is InChI=1S/C18H16N4O3S/c1-2-26(24,25)13-6-7-16-14(9-13)17(15(10-21-16)18(20)23)22-12-5-3-4-11(19)8-12/h2-10H,1,19H2,(H2,20,23)(H,21,22). The van der Waals surface area contributed by atoms with Crippen LogP contribution in [0.3, 0.4) is 0 Å². The summed E-state index contributed by atoms with van der Waals surface area (Å²) in [5.41, 5.74) is 13.4. The molecule has 5 N–H and O–H groups in total. The fourth-order valence-electron chi connectivity index (χ4n) is 2.53. The van der Waals surface area contributed by atoms with Crippen molar-refractivity contribution < 1.29 is 13.2 Å². The molecule has 1 aromatic heterocycles. The van der Waals surface area contributed by atoms with E-state index in [9.17, 15) is 13.2 Å². The number of primary amides is 1. The van der Waals surface area contributed by atoms with E-state index in [1.807, 2.05) is 0 Å². The molecule has 0 spiro atoms. The number of nitrogens with zero attached hydrogens (tertiary/aromatic N) is 1. The van der Waals surface area contributed by atoms with Gasteiger partial charge in [0.05, 0.1) is 21.7 Å². The van der Waals surface area contributed by atoms with E-state index in [-0.39, 0.29) is 10.5 Å². The highest BCUT2D eigenvalue weighted by Crippen LogP contribution is 2.31. The summed E-state index contributed by atoms with van der Waals surface area (Å²) in [4.78, 5) is 16.1. The lowest BCUT2D eigenvalue weighted by atomic mass is 10.1. The Hall–Kier alpha value is -3.39. The van der Waals surface area contributed by atoms with Gasteiger partial charge in [-0.3, -0.25) is 9.78 Å². The van der Waals surface area contributed by atoms with E-state index in [1.165, 1.54) is 18.3 Å². The minimum absolute atomic E-state index is 0.0408. The Labute approximate surface area is 150 Å². The zero-order valence-corrected chi connectivity index (χ0v) is 14.5. The first-order valence-electron chi connectivity index (χ1n) is 7.54. The van der Waals surface area contributed by atoms with E-state index < -0.39 is 15.7 Å². The number of nitrogen functional groups attached to an aromatic ring is 1. The first-order chi connectivity index (χ1) is 12.3. The third-order valence-electron chi connectivity index (χ3n) is 3.81. The number of fused-ring (bicyclic) bond motifs is 1. The Balaban J connectivity index is 2.28. The first-order valence-corrected chi connectivity index (χ1v) is 9.09. The number of aromatic nitrogens is 1. The molecule has 3 rings (SSSR count). The van der Waals surface area contributed by atoms with E-state index >= 15 is 0 Å². The summed E-state index contributed by atoms with van der Waals surface area (Å²) < 4.78 is 24.2. The van der Waals surface area contributed by atoms with Crippen molar-refractivity contribution >= 4 is 43.7 Å². The van der Waals surface area contributed by atoms with Gasteiger partial charge in [-0.25, -0.2) is 8.42 Å². The van der Waals surface area contributed by atoms with Crippen LogP contribution in [-0.2, 0) is 9.84 Å². The Kier molecular flexibility index (Phi) is 4.35. The van der Waals surface area contributed by atoms with Gasteiger partial charge < -0.3 is 16.8 Å². The molecule has 0 radical (unpaired) electrons. The summed E-state index contributed by atoms with van der Waals surface area (Å²) in [7, 11) is -3.65. The monoisotopic (exact) mass is 368 g/mol. The lowest BCUT2D eigenvalue weighted by Gasteiger charge is -2.14. The second-order valence-corrected chi connectivity index (χ2v) is 7.45. The van der Waals surface area contributed by atoms with Crippen molar-refractivity contribution in [2.75, 3.05) is 11.1 Å². The van der Waals surface area contributed by atoms with Crippen LogP contribution >= 0.6 is 0 Å².